The predicted molar refractivity (Wildman–Crippen MR) is 73.0 cm³/mol. The molecule has 0 spiro atoms. The summed E-state index contributed by atoms with van der Waals surface area (Å²) >= 11 is 0. The summed E-state index contributed by atoms with van der Waals surface area (Å²) in [5.74, 6) is 0.756. The van der Waals surface area contributed by atoms with Gasteiger partial charge in [-0.1, -0.05) is 0 Å². The molecule has 1 atom stereocenters. The number of ether oxygens (including phenoxy) is 2. The van der Waals surface area contributed by atoms with E-state index in [1.807, 2.05) is 11.8 Å². The molecule has 5 heteroatoms. The summed E-state index contributed by atoms with van der Waals surface area (Å²) in [5.41, 5.74) is -0.161. The quantitative estimate of drug-likeness (QED) is 0.703. The van der Waals surface area contributed by atoms with Gasteiger partial charge in [-0.3, -0.25) is 4.79 Å². The van der Waals surface area contributed by atoms with E-state index in [0.717, 1.165) is 13.1 Å². The lowest BCUT2D eigenvalue weighted by atomic mass is 10.0. The summed E-state index contributed by atoms with van der Waals surface area (Å²) in [4.78, 5) is 14.3. The van der Waals surface area contributed by atoms with Gasteiger partial charge in [-0.15, -0.1) is 0 Å². The van der Waals surface area contributed by atoms with Gasteiger partial charge in [-0.05, 0) is 32.6 Å². The maximum absolute atomic E-state index is 12.3. The lowest BCUT2D eigenvalue weighted by molar-refractivity contribution is -0.149. The predicted octanol–water partition coefficient (Wildman–Crippen LogP) is 0.638. The first kappa shape index (κ1) is 14.8. The van der Waals surface area contributed by atoms with Crippen LogP contribution in [0.3, 0.4) is 0 Å². The fourth-order valence-corrected chi connectivity index (χ4v) is 2.48. The van der Waals surface area contributed by atoms with Gasteiger partial charge in [0.1, 0.15) is 6.61 Å². The van der Waals surface area contributed by atoms with E-state index in [-0.39, 0.29) is 18.1 Å². The van der Waals surface area contributed by atoms with E-state index in [9.17, 15) is 4.79 Å². The largest absolute Gasteiger partial charge is 0.383 e. The number of carbonyl (C=O) groups excluding carboxylic acids is 1. The molecule has 0 bridgehead atoms. The van der Waals surface area contributed by atoms with Gasteiger partial charge in [-0.2, -0.15) is 0 Å². The first-order chi connectivity index (χ1) is 9.06. The normalized spacial score (nSPS) is 22.7. The molecule has 0 aromatic carbocycles. The van der Waals surface area contributed by atoms with Crippen LogP contribution in [0.2, 0.25) is 0 Å². The summed E-state index contributed by atoms with van der Waals surface area (Å²) in [5, 5.41) is 3.17. The molecule has 2 aliphatic rings. The standard InChI is InChI=1S/C14H26N2O3/c1-11(12-4-5-12)16(6-7-18-3)13(17)8-19-14(2)9-15-10-14/h11-12,15H,4-10H2,1-3H3. The number of nitrogens with one attached hydrogen (secondary N) is 1. The van der Waals surface area contributed by atoms with Crippen LogP contribution in [-0.4, -0.2) is 62.4 Å². The van der Waals surface area contributed by atoms with Gasteiger partial charge in [-0.25, -0.2) is 0 Å². The van der Waals surface area contributed by atoms with Crippen LogP contribution in [-0.2, 0) is 14.3 Å². The van der Waals surface area contributed by atoms with E-state index >= 15 is 0 Å². The topological polar surface area (TPSA) is 50.8 Å². The first-order valence-corrected chi connectivity index (χ1v) is 7.19. The Morgan fingerprint density at radius 2 is 2.16 bits per heavy atom. The van der Waals surface area contributed by atoms with Gasteiger partial charge in [0.05, 0.1) is 12.2 Å². The minimum Gasteiger partial charge on any atom is -0.383 e. The zero-order valence-corrected chi connectivity index (χ0v) is 12.3. The number of amides is 1. The fourth-order valence-electron chi connectivity index (χ4n) is 2.48. The number of carbonyl (C=O) groups is 1. The smallest absolute Gasteiger partial charge is 0.248 e. The Kier molecular flexibility index (Phi) is 4.81. The zero-order valence-electron chi connectivity index (χ0n) is 12.3. The fraction of sp³-hybridized carbons (Fsp3) is 0.929. The average molecular weight is 270 g/mol. The Hall–Kier alpha value is -0.650. The van der Waals surface area contributed by atoms with Crippen LogP contribution < -0.4 is 5.32 Å². The highest BCUT2D eigenvalue weighted by atomic mass is 16.5. The molecule has 19 heavy (non-hydrogen) atoms. The van der Waals surface area contributed by atoms with E-state index in [0.29, 0.717) is 25.1 Å². The number of hydrogen-bond acceptors (Lipinski definition) is 4. The van der Waals surface area contributed by atoms with E-state index in [4.69, 9.17) is 9.47 Å². The van der Waals surface area contributed by atoms with Gasteiger partial charge >= 0.3 is 0 Å². The van der Waals surface area contributed by atoms with Crippen molar-refractivity contribution in [1.82, 2.24) is 10.2 Å². The van der Waals surface area contributed by atoms with Gasteiger partial charge in [0.2, 0.25) is 5.91 Å². The molecule has 0 aromatic rings. The highest BCUT2D eigenvalue weighted by Crippen LogP contribution is 2.35. The Morgan fingerprint density at radius 1 is 1.47 bits per heavy atom. The zero-order chi connectivity index (χ0) is 13.9. The molecule has 1 saturated heterocycles. The van der Waals surface area contributed by atoms with E-state index in [1.54, 1.807) is 7.11 Å². The van der Waals surface area contributed by atoms with Crippen LogP contribution in [0.5, 0.6) is 0 Å². The third kappa shape index (κ3) is 3.91. The van der Waals surface area contributed by atoms with E-state index in [2.05, 4.69) is 12.2 Å². The third-order valence-electron chi connectivity index (χ3n) is 4.19. The first-order valence-electron chi connectivity index (χ1n) is 7.19. The molecule has 1 saturated carbocycles. The summed E-state index contributed by atoms with van der Waals surface area (Å²) in [7, 11) is 1.67. The molecule has 5 nitrogen and oxygen atoms in total. The monoisotopic (exact) mass is 270 g/mol. The van der Waals surface area contributed by atoms with Crippen LogP contribution in [0.15, 0.2) is 0 Å². The molecule has 0 radical (unpaired) electrons. The highest BCUT2D eigenvalue weighted by Gasteiger charge is 2.36. The second-order valence-electron chi connectivity index (χ2n) is 6.00. The summed E-state index contributed by atoms with van der Waals surface area (Å²) < 4.78 is 10.8. The molecule has 1 unspecified atom stereocenters. The molecule has 2 fully saturated rings. The number of hydrogen-bond donors (Lipinski definition) is 1. The summed E-state index contributed by atoms with van der Waals surface area (Å²) in [6, 6.07) is 0.304. The second kappa shape index (κ2) is 6.20. The molecule has 1 amide bonds. The molecule has 1 heterocycles. The van der Waals surface area contributed by atoms with Crippen molar-refractivity contribution in [2.45, 2.75) is 38.3 Å². The van der Waals surface area contributed by atoms with Crippen molar-refractivity contribution >= 4 is 5.91 Å². The number of rotatable bonds is 8. The van der Waals surface area contributed by atoms with Crippen molar-refractivity contribution in [3.63, 3.8) is 0 Å². The molecule has 1 aliphatic carbocycles. The SMILES string of the molecule is COCCN(C(=O)COC1(C)CNC1)C(C)C1CC1. The Balaban J connectivity index is 1.82. The van der Waals surface area contributed by atoms with Gasteiger partial charge in [0, 0.05) is 32.8 Å². The van der Waals surface area contributed by atoms with Crippen molar-refractivity contribution < 1.29 is 14.3 Å². The second-order valence-corrected chi connectivity index (χ2v) is 6.00. The minimum atomic E-state index is -0.161. The van der Waals surface area contributed by atoms with Gasteiger partial charge in [0.25, 0.3) is 0 Å². The lowest BCUT2D eigenvalue weighted by Crippen LogP contribution is -2.60. The van der Waals surface area contributed by atoms with Gasteiger partial charge < -0.3 is 19.7 Å². The molecule has 110 valence electrons. The van der Waals surface area contributed by atoms with Crippen LogP contribution in [0.25, 0.3) is 0 Å². The van der Waals surface area contributed by atoms with Crippen molar-refractivity contribution in [1.29, 1.82) is 0 Å². The number of methoxy groups -OCH3 is 1. The lowest BCUT2D eigenvalue weighted by Gasteiger charge is -2.39. The van der Waals surface area contributed by atoms with Crippen molar-refractivity contribution in [2.75, 3.05) is 40.0 Å². The van der Waals surface area contributed by atoms with Crippen LogP contribution in [0.4, 0.5) is 0 Å². The van der Waals surface area contributed by atoms with Crippen LogP contribution in [0.1, 0.15) is 26.7 Å². The molecule has 1 N–H and O–H groups in total. The Labute approximate surface area is 115 Å². The Morgan fingerprint density at radius 3 is 2.63 bits per heavy atom. The van der Waals surface area contributed by atoms with E-state index in [1.165, 1.54) is 12.8 Å². The number of nitrogens with zero attached hydrogens (tertiary/aromatic N) is 1. The maximum atomic E-state index is 12.3. The highest BCUT2D eigenvalue weighted by molar-refractivity contribution is 5.78. The average Bonchev–Trinajstić information content (AvgIpc) is 3.18. The molecular formula is C14H26N2O3. The maximum Gasteiger partial charge on any atom is 0.248 e. The Bertz CT molecular complexity index is 314. The third-order valence-corrected chi connectivity index (χ3v) is 4.19. The van der Waals surface area contributed by atoms with Crippen molar-refractivity contribution in [3.05, 3.63) is 0 Å². The summed E-state index contributed by atoms with van der Waals surface area (Å²) in [6.07, 6.45) is 2.47. The summed E-state index contributed by atoms with van der Waals surface area (Å²) in [6.45, 7) is 7.26. The minimum absolute atomic E-state index is 0.0876. The van der Waals surface area contributed by atoms with Crippen molar-refractivity contribution in [3.8, 4) is 0 Å². The van der Waals surface area contributed by atoms with Crippen LogP contribution in [0, 0.1) is 5.92 Å². The van der Waals surface area contributed by atoms with Crippen LogP contribution >= 0.6 is 0 Å². The molecular weight excluding hydrogens is 244 g/mol. The molecule has 0 aromatic heterocycles. The molecule has 2 rings (SSSR count). The van der Waals surface area contributed by atoms with E-state index < -0.39 is 0 Å². The van der Waals surface area contributed by atoms with Crippen molar-refractivity contribution in [2.24, 2.45) is 5.92 Å². The van der Waals surface area contributed by atoms with Gasteiger partial charge in [0.15, 0.2) is 0 Å². The molecule has 1 aliphatic heterocycles.